The Balaban J connectivity index is 2.35. The van der Waals surface area contributed by atoms with Crippen LogP contribution < -0.4 is 10.6 Å². The zero-order valence-corrected chi connectivity index (χ0v) is 12.3. The normalized spacial score (nSPS) is 10.6. The number of nitrogens with one attached hydrogen (secondary N) is 2. The number of nitrogens with zero attached hydrogens (tertiary/aromatic N) is 3. The van der Waals surface area contributed by atoms with Gasteiger partial charge in [0.25, 0.3) is 5.91 Å². The average Bonchev–Trinajstić information content (AvgIpc) is 2.44. The molecule has 0 saturated heterocycles. The summed E-state index contributed by atoms with van der Waals surface area (Å²) in [6.07, 6.45) is 0.894. The number of hydrogen-bond donors (Lipinski definition) is 2. The third-order valence-corrected chi connectivity index (χ3v) is 2.57. The minimum atomic E-state index is -0.203. The molecule has 0 bridgehead atoms. The standard InChI is InChI=1S/C13H23N5O2/c1-18(2)9-8-15-13(19)11-5-6-12(17-16-11)14-7-4-10-20-3/h5-6H,4,7-10H2,1-3H3,(H,14,17)(H,15,19). The zero-order valence-electron chi connectivity index (χ0n) is 12.3. The highest BCUT2D eigenvalue weighted by molar-refractivity contribution is 5.92. The van der Waals surface area contributed by atoms with Gasteiger partial charge in [0.15, 0.2) is 5.69 Å². The maximum Gasteiger partial charge on any atom is 0.271 e. The van der Waals surface area contributed by atoms with Crippen molar-refractivity contribution in [2.45, 2.75) is 6.42 Å². The van der Waals surface area contributed by atoms with E-state index in [1.54, 1.807) is 19.2 Å². The largest absolute Gasteiger partial charge is 0.385 e. The summed E-state index contributed by atoms with van der Waals surface area (Å²) in [6.45, 7) is 2.84. The van der Waals surface area contributed by atoms with Gasteiger partial charge in [-0.3, -0.25) is 4.79 Å². The van der Waals surface area contributed by atoms with Crippen LogP contribution >= 0.6 is 0 Å². The fraction of sp³-hybridized carbons (Fsp3) is 0.615. The molecule has 0 aliphatic rings. The number of ether oxygens (including phenoxy) is 1. The molecule has 0 fully saturated rings. The van der Waals surface area contributed by atoms with Crippen LogP contribution in [-0.4, -0.2) is 68.5 Å². The third kappa shape index (κ3) is 6.44. The number of rotatable bonds is 9. The summed E-state index contributed by atoms with van der Waals surface area (Å²) >= 11 is 0. The number of hydrogen-bond acceptors (Lipinski definition) is 6. The summed E-state index contributed by atoms with van der Waals surface area (Å²) in [6, 6.07) is 3.41. The van der Waals surface area contributed by atoms with E-state index in [4.69, 9.17) is 4.74 Å². The second kappa shape index (κ2) is 9.22. The molecule has 0 radical (unpaired) electrons. The zero-order chi connectivity index (χ0) is 14.8. The second-order valence-electron chi connectivity index (χ2n) is 4.64. The molecule has 0 aliphatic carbocycles. The molecule has 20 heavy (non-hydrogen) atoms. The Labute approximate surface area is 119 Å². The summed E-state index contributed by atoms with van der Waals surface area (Å²) in [7, 11) is 5.58. The van der Waals surface area contributed by atoms with Crippen molar-refractivity contribution in [1.82, 2.24) is 20.4 Å². The van der Waals surface area contributed by atoms with Gasteiger partial charge in [0.2, 0.25) is 0 Å². The Morgan fingerprint density at radius 2 is 2.10 bits per heavy atom. The van der Waals surface area contributed by atoms with E-state index in [9.17, 15) is 4.79 Å². The van der Waals surface area contributed by atoms with E-state index in [1.807, 2.05) is 19.0 Å². The Morgan fingerprint density at radius 3 is 2.70 bits per heavy atom. The van der Waals surface area contributed by atoms with Crippen LogP contribution in [0.2, 0.25) is 0 Å². The van der Waals surface area contributed by atoms with Crippen LogP contribution in [0.4, 0.5) is 5.82 Å². The van der Waals surface area contributed by atoms with E-state index in [0.717, 1.165) is 19.5 Å². The Morgan fingerprint density at radius 1 is 1.30 bits per heavy atom. The molecule has 0 aromatic carbocycles. The first-order valence-corrected chi connectivity index (χ1v) is 6.63. The molecule has 2 N–H and O–H groups in total. The second-order valence-corrected chi connectivity index (χ2v) is 4.64. The first-order valence-electron chi connectivity index (χ1n) is 6.63. The van der Waals surface area contributed by atoms with Crippen LogP contribution in [0.3, 0.4) is 0 Å². The Bertz CT molecular complexity index is 394. The van der Waals surface area contributed by atoms with Crippen molar-refractivity contribution in [2.75, 3.05) is 52.8 Å². The van der Waals surface area contributed by atoms with E-state index >= 15 is 0 Å². The number of amides is 1. The lowest BCUT2D eigenvalue weighted by Gasteiger charge is -2.10. The lowest BCUT2D eigenvalue weighted by Crippen LogP contribution is -2.31. The molecule has 112 valence electrons. The summed E-state index contributed by atoms with van der Waals surface area (Å²) in [5.74, 6) is 0.455. The quantitative estimate of drug-likeness (QED) is 0.630. The highest BCUT2D eigenvalue weighted by atomic mass is 16.5. The van der Waals surface area contributed by atoms with Crippen LogP contribution in [0.25, 0.3) is 0 Å². The smallest absolute Gasteiger partial charge is 0.271 e. The summed E-state index contributed by atoms with van der Waals surface area (Å²) < 4.78 is 4.95. The molecular formula is C13H23N5O2. The minimum Gasteiger partial charge on any atom is -0.385 e. The highest BCUT2D eigenvalue weighted by Crippen LogP contribution is 2.02. The van der Waals surface area contributed by atoms with E-state index in [1.165, 1.54) is 0 Å². The molecule has 7 nitrogen and oxygen atoms in total. The predicted octanol–water partition coefficient (Wildman–Crippen LogP) is 0.216. The molecule has 7 heteroatoms. The van der Waals surface area contributed by atoms with E-state index in [0.29, 0.717) is 24.7 Å². The molecule has 0 spiro atoms. The van der Waals surface area contributed by atoms with E-state index in [-0.39, 0.29) is 5.91 Å². The lowest BCUT2D eigenvalue weighted by molar-refractivity contribution is 0.0945. The van der Waals surface area contributed by atoms with Gasteiger partial charge in [0.05, 0.1) is 0 Å². The number of carbonyl (C=O) groups is 1. The van der Waals surface area contributed by atoms with Gasteiger partial charge < -0.3 is 20.3 Å². The number of anilines is 1. The molecule has 0 aliphatic heterocycles. The van der Waals surface area contributed by atoms with Crippen molar-refractivity contribution < 1.29 is 9.53 Å². The molecule has 0 saturated carbocycles. The third-order valence-electron chi connectivity index (χ3n) is 2.57. The summed E-state index contributed by atoms with van der Waals surface area (Å²) in [5.41, 5.74) is 0.325. The maximum absolute atomic E-state index is 11.8. The fourth-order valence-electron chi connectivity index (χ4n) is 1.46. The molecule has 0 atom stereocenters. The van der Waals surface area contributed by atoms with Gasteiger partial charge in [-0.15, -0.1) is 10.2 Å². The van der Waals surface area contributed by atoms with Crippen molar-refractivity contribution in [1.29, 1.82) is 0 Å². The average molecular weight is 281 g/mol. The molecule has 1 aromatic heterocycles. The van der Waals surface area contributed by atoms with E-state index < -0.39 is 0 Å². The van der Waals surface area contributed by atoms with Gasteiger partial charge in [-0.1, -0.05) is 0 Å². The van der Waals surface area contributed by atoms with Crippen molar-refractivity contribution >= 4 is 11.7 Å². The van der Waals surface area contributed by atoms with Crippen LogP contribution in [0.5, 0.6) is 0 Å². The SMILES string of the molecule is COCCCNc1ccc(C(=O)NCCN(C)C)nn1. The molecule has 1 rings (SSSR count). The lowest BCUT2D eigenvalue weighted by atomic mass is 10.3. The van der Waals surface area contributed by atoms with Crippen LogP contribution in [0.15, 0.2) is 12.1 Å². The predicted molar refractivity (Wildman–Crippen MR) is 77.9 cm³/mol. The first kappa shape index (κ1) is 16.3. The van der Waals surface area contributed by atoms with Gasteiger partial charge >= 0.3 is 0 Å². The van der Waals surface area contributed by atoms with Gasteiger partial charge in [-0.05, 0) is 32.6 Å². The highest BCUT2D eigenvalue weighted by Gasteiger charge is 2.07. The molecule has 1 amide bonds. The van der Waals surface area contributed by atoms with Crippen LogP contribution in [0.1, 0.15) is 16.9 Å². The van der Waals surface area contributed by atoms with Crippen molar-refractivity contribution in [3.63, 3.8) is 0 Å². The molecule has 0 unspecified atom stereocenters. The minimum absolute atomic E-state index is 0.203. The van der Waals surface area contributed by atoms with Gasteiger partial charge in [0, 0.05) is 33.4 Å². The number of methoxy groups -OCH3 is 1. The number of aromatic nitrogens is 2. The van der Waals surface area contributed by atoms with Gasteiger partial charge in [-0.25, -0.2) is 0 Å². The van der Waals surface area contributed by atoms with E-state index in [2.05, 4.69) is 20.8 Å². The Kier molecular flexibility index (Phi) is 7.52. The van der Waals surface area contributed by atoms with Gasteiger partial charge in [0.1, 0.15) is 5.82 Å². The van der Waals surface area contributed by atoms with Crippen molar-refractivity contribution in [3.05, 3.63) is 17.8 Å². The topological polar surface area (TPSA) is 79.4 Å². The maximum atomic E-state index is 11.8. The number of carbonyl (C=O) groups excluding carboxylic acids is 1. The Hall–Kier alpha value is -1.73. The first-order chi connectivity index (χ1) is 9.63. The van der Waals surface area contributed by atoms with Crippen molar-refractivity contribution in [3.8, 4) is 0 Å². The van der Waals surface area contributed by atoms with Crippen molar-refractivity contribution in [2.24, 2.45) is 0 Å². The van der Waals surface area contributed by atoms with Crippen LogP contribution in [0, 0.1) is 0 Å². The number of likely N-dealkylation sites (N-methyl/N-ethyl adjacent to an activating group) is 1. The van der Waals surface area contributed by atoms with Gasteiger partial charge in [-0.2, -0.15) is 0 Å². The summed E-state index contributed by atoms with van der Waals surface area (Å²) in [5, 5.41) is 13.8. The molecular weight excluding hydrogens is 258 g/mol. The monoisotopic (exact) mass is 281 g/mol. The fourth-order valence-corrected chi connectivity index (χ4v) is 1.46. The molecule has 1 heterocycles. The van der Waals surface area contributed by atoms with Crippen LogP contribution in [-0.2, 0) is 4.74 Å². The summed E-state index contributed by atoms with van der Waals surface area (Å²) in [4.78, 5) is 13.8. The molecule has 1 aromatic rings.